The van der Waals surface area contributed by atoms with Gasteiger partial charge in [0.25, 0.3) is 0 Å². The van der Waals surface area contributed by atoms with Gasteiger partial charge in [0.1, 0.15) is 0 Å². The number of aryl methyl sites for hydroxylation is 2. The lowest BCUT2D eigenvalue weighted by molar-refractivity contribution is -0.167. The highest BCUT2D eigenvalue weighted by molar-refractivity contribution is 5.01. The number of hydrogen-bond acceptors (Lipinski definition) is 4. The summed E-state index contributed by atoms with van der Waals surface area (Å²) < 4.78 is 13.1. The van der Waals surface area contributed by atoms with Crippen LogP contribution in [0.5, 0.6) is 0 Å². The highest BCUT2D eigenvalue weighted by Gasteiger charge is 2.40. The van der Waals surface area contributed by atoms with E-state index in [1.807, 2.05) is 24.7 Å². The van der Waals surface area contributed by atoms with Crippen molar-refractivity contribution in [1.82, 2.24) is 9.78 Å². The van der Waals surface area contributed by atoms with Gasteiger partial charge in [-0.15, -0.1) is 0 Å². The molecule has 0 saturated carbocycles. The molecule has 0 bridgehead atoms. The van der Waals surface area contributed by atoms with Gasteiger partial charge in [-0.25, -0.2) is 0 Å². The third kappa shape index (κ3) is 3.35. The number of hydrogen-bond donors (Lipinski definition) is 1. The Hall–Kier alpha value is -0.910. The van der Waals surface area contributed by atoms with Crippen molar-refractivity contribution in [2.45, 2.75) is 44.3 Å². The minimum absolute atomic E-state index is 0.425. The molecule has 1 N–H and O–H groups in total. The molecule has 108 valence electrons. The molecule has 5 heteroatoms. The minimum atomic E-state index is -0.453. The summed E-state index contributed by atoms with van der Waals surface area (Å²) in [5.41, 5.74) is 0.712. The third-order valence-electron chi connectivity index (χ3n) is 3.97. The number of ether oxygens (including phenoxy) is 2. The van der Waals surface area contributed by atoms with Crippen LogP contribution in [0.1, 0.15) is 31.9 Å². The van der Waals surface area contributed by atoms with Crippen LogP contribution < -0.4 is 0 Å². The van der Waals surface area contributed by atoms with Crippen molar-refractivity contribution in [1.29, 1.82) is 0 Å². The number of nitrogens with zero attached hydrogens (tertiary/aromatic N) is 2. The Labute approximate surface area is 114 Å². The molecular formula is C14H24N2O3. The smallest absolute Gasteiger partial charge is 0.0983 e. The van der Waals surface area contributed by atoms with Gasteiger partial charge in [-0.1, -0.05) is 0 Å². The van der Waals surface area contributed by atoms with Crippen LogP contribution in [0.25, 0.3) is 0 Å². The maximum atomic E-state index is 10.5. The van der Waals surface area contributed by atoms with E-state index in [1.165, 1.54) is 0 Å². The van der Waals surface area contributed by atoms with Crippen LogP contribution in [-0.2, 0) is 22.9 Å². The molecule has 0 amide bonds. The summed E-state index contributed by atoms with van der Waals surface area (Å²) in [6, 6.07) is 1.99. The van der Waals surface area contributed by atoms with Crippen LogP contribution in [0.2, 0.25) is 0 Å². The van der Waals surface area contributed by atoms with E-state index in [9.17, 15) is 5.11 Å². The van der Waals surface area contributed by atoms with Crippen LogP contribution in [-0.4, -0.2) is 46.4 Å². The molecule has 0 aliphatic carbocycles. The Morgan fingerprint density at radius 3 is 2.84 bits per heavy atom. The summed E-state index contributed by atoms with van der Waals surface area (Å²) in [7, 11) is 1.93. The second kappa shape index (κ2) is 6.50. The molecule has 1 unspecified atom stereocenters. The summed E-state index contributed by atoms with van der Waals surface area (Å²) in [6.45, 7) is 3.94. The molecule has 2 heterocycles. The van der Waals surface area contributed by atoms with Crippen molar-refractivity contribution in [3.05, 3.63) is 18.0 Å². The van der Waals surface area contributed by atoms with Gasteiger partial charge in [0, 0.05) is 51.6 Å². The first-order valence-corrected chi connectivity index (χ1v) is 7.04. The van der Waals surface area contributed by atoms with Gasteiger partial charge in [0.05, 0.1) is 11.7 Å². The average molecular weight is 268 g/mol. The van der Waals surface area contributed by atoms with Crippen molar-refractivity contribution in [2.75, 3.05) is 19.8 Å². The molecule has 1 aliphatic heterocycles. The Morgan fingerprint density at radius 1 is 1.53 bits per heavy atom. The van der Waals surface area contributed by atoms with Crippen molar-refractivity contribution < 1.29 is 14.6 Å². The van der Waals surface area contributed by atoms with Crippen molar-refractivity contribution in [2.24, 2.45) is 7.05 Å². The maximum Gasteiger partial charge on any atom is 0.0983 e. The van der Waals surface area contributed by atoms with E-state index < -0.39 is 11.7 Å². The maximum absolute atomic E-state index is 10.5. The molecule has 1 aromatic heterocycles. The SMILES string of the molecule is CCOC1(C(O)CCc2ccnn2C)CCOCC1. The van der Waals surface area contributed by atoms with Gasteiger partial charge < -0.3 is 14.6 Å². The minimum Gasteiger partial charge on any atom is -0.390 e. The van der Waals surface area contributed by atoms with Crippen molar-refractivity contribution >= 4 is 0 Å². The largest absolute Gasteiger partial charge is 0.390 e. The molecule has 1 aliphatic rings. The van der Waals surface area contributed by atoms with Gasteiger partial charge in [-0.05, 0) is 25.8 Å². The molecule has 0 radical (unpaired) electrons. The van der Waals surface area contributed by atoms with E-state index in [-0.39, 0.29) is 0 Å². The standard InChI is InChI=1S/C14H24N2O3/c1-3-19-14(7-10-18-11-8-14)13(17)5-4-12-6-9-15-16(12)2/h6,9,13,17H,3-5,7-8,10-11H2,1-2H3. The third-order valence-corrected chi connectivity index (χ3v) is 3.97. The zero-order valence-corrected chi connectivity index (χ0v) is 11.8. The quantitative estimate of drug-likeness (QED) is 0.845. The van der Waals surface area contributed by atoms with Gasteiger partial charge in [0.2, 0.25) is 0 Å². The molecule has 2 rings (SSSR count). The zero-order valence-electron chi connectivity index (χ0n) is 11.8. The highest BCUT2D eigenvalue weighted by atomic mass is 16.5. The Balaban J connectivity index is 1.95. The van der Waals surface area contributed by atoms with Gasteiger partial charge in [-0.3, -0.25) is 4.68 Å². The van der Waals surface area contributed by atoms with E-state index >= 15 is 0 Å². The van der Waals surface area contributed by atoms with Crippen molar-refractivity contribution in [3.8, 4) is 0 Å². The van der Waals surface area contributed by atoms with Crippen LogP contribution in [0.15, 0.2) is 12.3 Å². The van der Waals surface area contributed by atoms with Crippen molar-refractivity contribution in [3.63, 3.8) is 0 Å². The first-order valence-electron chi connectivity index (χ1n) is 7.04. The fraction of sp³-hybridized carbons (Fsp3) is 0.786. The van der Waals surface area contributed by atoms with Crippen LogP contribution >= 0.6 is 0 Å². The van der Waals surface area contributed by atoms with Gasteiger partial charge >= 0.3 is 0 Å². The first-order chi connectivity index (χ1) is 9.18. The molecule has 19 heavy (non-hydrogen) atoms. The second-order valence-electron chi connectivity index (χ2n) is 5.11. The molecule has 1 saturated heterocycles. The van der Waals surface area contributed by atoms with E-state index in [0.29, 0.717) is 26.2 Å². The zero-order chi connectivity index (χ0) is 13.7. The summed E-state index contributed by atoms with van der Waals surface area (Å²) in [6.07, 6.45) is 4.38. The van der Waals surface area contributed by atoms with Gasteiger partial charge in [0.15, 0.2) is 0 Å². The first kappa shape index (κ1) is 14.5. The normalized spacial score (nSPS) is 20.4. The predicted octanol–water partition coefficient (Wildman–Crippen LogP) is 1.30. The van der Waals surface area contributed by atoms with E-state index in [1.54, 1.807) is 6.20 Å². The lowest BCUT2D eigenvalue weighted by Crippen LogP contribution is -2.49. The summed E-state index contributed by atoms with van der Waals surface area (Å²) in [4.78, 5) is 0. The van der Waals surface area contributed by atoms with Crippen LogP contribution in [0.4, 0.5) is 0 Å². The van der Waals surface area contributed by atoms with E-state index in [2.05, 4.69) is 5.10 Å². The molecule has 0 spiro atoms. The number of rotatable bonds is 6. The Morgan fingerprint density at radius 2 is 2.26 bits per heavy atom. The predicted molar refractivity (Wildman–Crippen MR) is 71.9 cm³/mol. The number of aromatic nitrogens is 2. The molecule has 1 atom stereocenters. The molecule has 5 nitrogen and oxygen atoms in total. The highest BCUT2D eigenvalue weighted by Crippen LogP contribution is 2.31. The van der Waals surface area contributed by atoms with E-state index in [0.717, 1.165) is 25.0 Å². The number of aliphatic hydroxyl groups is 1. The second-order valence-corrected chi connectivity index (χ2v) is 5.11. The van der Waals surface area contributed by atoms with Crippen LogP contribution in [0, 0.1) is 0 Å². The summed E-state index contributed by atoms with van der Waals surface area (Å²) in [5, 5.41) is 14.7. The fourth-order valence-electron chi connectivity index (χ4n) is 2.77. The Bertz CT molecular complexity index is 380. The molecule has 1 aromatic rings. The molecule has 0 aromatic carbocycles. The lowest BCUT2D eigenvalue weighted by Gasteiger charge is -2.40. The van der Waals surface area contributed by atoms with Gasteiger partial charge in [-0.2, -0.15) is 5.10 Å². The summed E-state index contributed by atoms with van der Waals surface area (Å²) in [5.74, 6) is 0. The monoisotopic (exact) mass is 268 g/mol. The van der Waals surface area contributed by atoms with Crippen LogP contribution in [0.3, 0.4) is 0 Å². The molecule has 1 fully saturated rings. The lowest BCUT2D eigenvalue weighted by atomic mass is 9.85. The Kier molecular flexibility index (Phi) is 4.96. The van der Waals surface area contributed by atoms with E-state index in [4.69, 9.17) is 9.47 Å². The average Bonchev–Trinajstić information content (AvgIpc) is 2.83. The fourth-order valence-corrected chi connectivity index (χ4v) is 2.77. The number of aliphatic hydroxyl groups excluding tert-OH is 1. The topological polar surface area (TPSA) is 56.5 Å². The summed E-state index contributed by atoms with van der Waals surface area (Å²) >= 11 is 0. The molecular weight excluding hydrogens is 244 g/mol.